The lowest BCUT2D eigenvalue weighted by Gasteiger charge is -2.33. The van der Waals surface area contributed by atoms with Crippen LogP contribution in [0.25, 0.3) is 11.0 Å². The van der Waals surface area contributed by atoms with Crippen molar-refractivity contribution in [2.45, 2.75) is 58.5 Å². The van der Waals surface area contributed by atoms with E-state index in [0.29, 0.717) is 18.7 Å². The Kier molecular flexibility index (Phi) is 4.97. The van der Waals surface area contributed by atoms with Gasteiger partial charge in [0.2, 0.25) is 0 Å². The number of pyridine rings is 2. The summed E-state index contributed by atoms with van der Waals surface area (Å²) in [5.74, 6) is -0.137. The Morgan fingerprint density at radius 1 is 1.29 bits per heavy atom. The van der Waals surface area contributed by atoms with E-state index in [1.54, 1.807) is 16.8 Å². The molecule has 2 heterocycles. The van der Waals surface area contributed by atoms with Gasteiger partial charge in [-0.15, -0.1) is 0 Å². The van der Waals surface area contributed by atoms with Crippen LogP contribution < -0.4 is 5.56 Å². The predicted octanol–water partition coefficient (Wildman–Crippen LogP) is 3.21. The summed E-state index contributed by atoms with van der Waals surface area (Å²) in [4.78, 5) is 32.1. The molecule has 0 N–H and O–H groups in total. The molecular formula is C19H25N3O2. The van der Waals surface area contributed by atoms with Gasteiger partial charge in [0, 0.05) is 30.7 Å². The highest BCUT2D eigenvalue weighted by Gasteiger charge is 2.27. The number of nitrogens with zero attached hydrogens (tertiary/aromatic N) is 3. The molecule has 0 saturated heterocycles. The first kappa shape index (κ1) is 16.7. The maximum Gasteiger partial charge on any atom is 0.265 e. The van der Waals surface area contributed by atoms with Gasteiger partial charge in [0.1, 0.15) is 11.2 Å². The van der Waals surface area contributed by atoms with E-state index < -0.39 is 0 Å². The molecule has 0 spiro atoms. The minimum atomic E-state index is -0.233. The van der Waals surface area contributed by atoms with Crippen molar-refractivity contribution in [3.05, 3.63) is 40.3 Å². The van der Waals surface area contributed by atoms with Gasteiger partial charge in [-0.2, -0.15) is 0 Å². The second-order valence-corrected chi connectivity index (χ2v) is 6.41. The van der Waals surface area contributed by atoms with Crippen molar-refractivity contribution in [2.75, 3.05) is 6.54 Å². The molecule has 5 heteroatoms. The summed E-state index contributed by atoms with van der Waals surface area (Å²) in [7, 11) is 0. The van der Waals surface area contributed by atoms with Gasteiger partial charge in [0.05, 0.1) is 0 Å². The molecule has 0 aliphatic heterocycles. The van der Waals surface area contributed by atoms with E-state index in [-0.39, 0.29) is 23.1 Å². The van der Waals surface area contributed by atoms with Gasteiger partial charge >= 0.3 is 0 Å². The minimum Gasteiger partial charge on any atom is -0.336 e. The molecule has 0 bridgehead atoms. The largest absolute Gasteiger partial charge is 0.336 e. The highest BCUT2D eigenvalue weighted by Crippen LogP contribution is 2.24. The van der Waals surface area contributed by atoms with E-state index in [2.05, 4.69) is 4.98 Å². The third-order valence-corrected chi connectivity index (χ3v) is 5.01. The molecule has 0 aromatic carbocycles. The Morgan fingerprint density at radius 3 is 2.71 bits per heavy atom. The Bertz CT molecular complexity index is 791. The first-order valence-electron chi connectivity index (χ1n) is 8.96. The van der Waals surface area contributed by atoms with Crippen molar-refractivity contribution in [3.8, 4) is 0 Å². The summed E-state index contributed by atoms with van der Waals surface area (Å²) in [5, 5.41) is 0.835. The number of rotatable bonds is 4. The molecule has 2 aromatic rings. The van der Waals surface area contributed by atoms with E-state index in [1.165, 1.54) is 6.42 Å². The molecule has 1 aliphatic carbocycles. The van der Waals surface area contributed by atoms with Crippen LogP contribution in [0.2, 0.25) is 0 Å². The van der Waals surface area contributed by atoms with Gasteiger partial charge in [-0.05, 0) is 44.9 Å². The number of fused-ring (bicyclic) bond motifs is 1. The summed E-state index contributed by atoms with van der Waals surface area (Å²) in [6.45, 7) is 5.04. The maximum atomic E-state index is 13.1. The molecule has 128 valence electrons. The minimum absolute atomic E-state index is 0.137. The summed E-state index contributed by atoms with van der Waals surface area (Å²) >= 11 is 0. The van der Waals surface area contributed by atoms with Crippen LogP contribution in [0, 0.1) is 0 Å². The highest BCUT2D eigenvalue weighted by molar-refractivity contribution is 5.97. The molecule has 5 nitrogen and oxygen atoms in total. The molecule has 0 radical (unpaired) electrons. The number of carbonyl (C=O) groups is 1. The fourth-order valence-electron chi connectivity index (χ4n) is 3.77. The van der Waals surface area contributed by atoms with Crippen molar-refractivity contribution in [3.63, 3.8) is 0 Å². The normalized spacial score (nSPS) is 15.6. The quantitative estimate of drug-likeness (QED) is 0.866. The van der Waals surface area contributed by atoms with E-state index in [4.69, 9.17) is 0 Å². The van der Waals surface area contributed by atoms with Crippen LogP contribution in [-0.4, -0.2) is 32.9 Å². The number of hydrogen-bond acceptors (Lipinski definition) is 3. The molecule has 1 fully saturated rings. The maximum absolute atomic E-state index is 13.1. The lowest BCUT2D eigenvalue weighted by Crippen LogP contribution is -2.43. The summed E-state index contributed by atoms with van der Waals surface area (Å²) in [6.07, 6.45) is 7.32. The fraction of sp³-hybridized carbons (Fsp3) is 0.526. The van der Waals surface area contributed by atoms with Crippen molar-refractivity contribution in [1.29, 1.82) is 0 Å². The van der Waals surface area contributed by atoms with Gasteiger partial charge in [-0.3, -0.25) is 14.2 Å². The fourth-order valence-corrected chi connectivity index (χ4v) is 3.77. The van der Waals surface area contributed by atoms with Crippen LogP contribution >= 0.6 is 0 Å². The topological polar surface area (TPSA) is 55.2 Å². The lowest BCUT2D eigenvalue weighted by atomic mass is 9.93. The Labute approximate surface area is 142 Å². The number of carbonyl (C=O) groups excluding carboxylic acids is 1. The average molecular weight is 327 g/mol. The standard InChI is InChI=1S/C19H25N3O2/c1-3-21(15-10-6-5-7-11-15)18(23)16-13-14-9-8-12-20-17(14)22(4-2)19(16)24/h8-9,12-13,15H,3-7,10-11H2,1-2H3. The SMILES string of the molecule is CCN(C(=O)c1cc2cccnc2n(CC)c1=O)C1CCCCC1. The lowest BCUT2D eigenvalue weighted by molar-refractivity contribution is 0.0645. The zero-order chi connectivity index (χ0) is 17.1. The molecule has 1 aliphatic rings. The van der Waals surface area contributed by atoms with Crippen LogP contribution in [0.3, 0.4) is 0 Å². The zero-order valence-electron chi connectivity index (χ0n) is 14.5. The van der Waals surface area contributed by atoms with Crippen LogP contribution in [-0.2, 0) is 6.54 Å². The van der Waals surface area contributed by atoms with Crippen molar-refractivity contribution < 1.29 is 4.79 Å². The predicted molar refractivity (Wildman–Crippen MR) is 95.3 cm³/mol. The van der Waals surface area contributed by atoms with Crippen molar-refractivity contribution in [2.24, 2.45) is 0 Å². The zero-order valence-corrected chi connectivity index (χ0v) is 14.5. The first-order valence-corrected chi connectivity index (χ1v) is 8.96. The van der Waals surface area contributed by atoms with E-state index in [9.17, 15) is 9.59 Å². The van der Waals surface area contributed by atoms with Crippen LogP contribution in [0.1, 0.15) is 56.3 Å². The highest BCUT2D eigenvalue weighted by atomic mass is 16.2. The first-order chi connectivity index (χ1) is 11.7. The number of amides is 1. The van der Waals surface area contributed by atoms with Crippen LogP contribution in [0.4, 0.5) is 0 Å². The average Bonchev–Trinajstić information content (AvgIpc) is 2.62. The van der Waals surface area contributed by atoms with Crippen LogP contribution in [0.5, 0.6) is 0 Å². The molecular weight excluding hydrogens is 302 g/mol. The molecule has 0 unspecified atom stereocenters. The third kappa shape index (κ3) is 2.95. The summed E-state index contributed by atoms with van der Waals surface area (Å²) in [6, 6.07) is 5.71. The molecule has 0 atom stereocenters. The summed E-state index contributed by atoms with van der Waals surface area (Å²) < 4.78 is 1.59. The Hall–Kier alpha value is -2.17. The monoisotopic (exact) mass is 327 g/mol. The number of aryl methyl sites for hydroxylation is 1. The van der Waals surface area contributed by atoms with E-state index in [1.807, 2.05) is 30.9 Å². The van der Waals surface area contributed by atoms with Gasteiger partial charge in [0.15, 0.2) is 0 Å². The second-order valence-electron chi connectivity index (χ2n) is 6.41. The Morgan fingerprint density at radius 2 is 2.04 bits per heavy atom. The molecule has 1 saturated carbocycles. The third-order valence-electron chi connectivity index (χ3n) is 5.01. The van der Waals surface area contributed by atoms with Gasteiger partial charge in [-0.1, -0.05) is 19.3 Å². The molecule has 1 amide bonds. The smallest absolute Gasteiger partial charge is 0.265 e. The number of hydrogen-bond donors (Lipinski definition) is 0. The van der Waals surface area contributed by atoms with Gasteiger partial charge < -0.3 is 4.90 Å². The van der Waals surface area contributed by atoms with Crippen molar-refractivity contribution in [1.82, 2.24) is 14.5 Å². The van der Waals surface area contributed by atoms with Crippen molar-refractivity contribution >= 4 is 16.9 Å². The molecule has 3 rings (SSSR count). The van der Waals surface area contributed by atoms with Gasteiger partial charge in [0.25, 0.3) is 11.5 Å². The second kappa shape index (κ2) is 7.16. The van der Waals surface area contributed by atoms with E-state index in [0.717, 1.165) is 31.1 Å². The van der Waals surface area contributed by atoms with Crippen LogP contribution in [0.15, 0.2) is 29.2 Å². The van der Waals surface area contributed by atoms with E-state index >= 15 is 0 Å². The van der Waals surface area contributed by atoms with Gasteiger partial charge in [-0.25, -0.2) is 4.98 Å². The Balaban J connectivity index is 2.05. The molecule has 2 aromatic heterocycles. The number of aromatic nitrogens is 2. The summed E-state index contributed by atoms with van der Waals surface area (Å²) in [5.41, 5.74) is 0.676. The molecule has 24 heavy (non-hydrogen) atoms.